The number of ether oxygens (including phenoxy) is 2. The molecule has 0 atom stereocenters. The molecule has 0 aliphatic rings. The van der Waals surface area contributed by atoms with Gasteiger partial charge in [-0.2, -0.15) is 0 Å². The predicted octanol–water partition coefficient (Wildman–Crippen LogP) is 1.91. The first kappa shape index (κ1) is 13.3. The van der Waals surface area contributed by atoms with E-state index in [9.17, 15) is 9.59 Å². The van der Waals surface area contributed by atoms with E-state index in [1.165, 1.54) is 26.4 Å². The van der Waals surface area contributed by atoms with E-state index in [4.69, 9.17) is 13.9 Å². The maximum atomic E-state index is 11.9. The molecule has 0 fully saturated rings. The van der Waals surface area contributed by atoms with E-state index in [1.807, 2.05) is 0 Å². The molecule has 1 aromatic carbocycles. The molecule has 0 radical (unpaired) electrons. The summed E-state index contributed by atoms with van der Waals surface area (Å²) >= 11 is 0. The second kappa shape index (κ2) is 5.67. The van der Waals surface area contributed by atoms with Gasteiger partial charge in [-0.1, -0.05) is 0 Å². The molecule has 0 saturated carbocycles. The summed E-state index contributed by atoms with van der Waals surface area (Å²) in [6.45, 7) is 1.56. The summed E-state index contributed by atoms with van der Waals surface area (Å²) in [7, 11) is 1.51. The fraction of sp³-hybridized carbons (Fsp3) is 0.286. The van der Waals surface area contributed by atoms with Gasteiger partial charge in [-0.15, -0.1) is 0 Å². The molecule has 0 aliphatic carbocycles. The van der Waals surface area contributed by atoms with Crippen LogP contribution in [0.3, 0.4) is 0 Å². The largest absolute Gasteiger partial charge is 0.467 e. The van der Waals surface area contributed by atoms with Gasteiger partial charge in [0.1, 0.15) is 17.1 Å². The molecular weight excluding hydrogens is 248 g/mol. The molecule has 100 valence electrons. The van der Waals surface area contributed by atoms with Crippen LogP contribution in [0.1, 0.15) is 12.5 Å². The Bertz CT molecular complexity index is 656. The van der Waals surface area contributed by atoms with Crippen molar-refractivity contribution in [2.24, 2.45) is 0 Å². The van der Waals surface area contributed by atoms with Crippen LogP contribution in [0.2, 0.25) is 0 Å². The predicted molar refractivity (Wildman–Crippen MR) is 69.4 cm³/mol. The lowest BCUT2D eigenvalue weighted by Gasteiger charge is -2.09. The van der Waals surface area contributed by atoms with Crippen LogP contribution in [0.4, 0.5) is 0 Å². The second-order valence-electron chi connectivity index (χ2n) is 4.17. The average Bonchev–Trinajstić information content (AvgIpc) is 2.35. The molecule has 0 unspecified atom stereocenters. The van der Waals surface area contributed by atoms with E-state index < -0.39 is 0 Å². The van der Waals surface area contributed by atoms with Crippen molar-refractivity contribution in [1.82, 2.24) is 0 Å². The number of ketones is 1. The number of hydrogen-bond acceptors (Lipinski definition) is 5. The lowest BCUT2D eigenvalue weighted by atomic mass is 10.0. The van der Waals surface area contributed by atoms with Crippen molar-refractivity contribution in [3.05, 3.63) is 40.2 Å². The van der Waals surface area contributed by atoms with Gasteiger partial charge in [0.2, 0.25) is 0 Å². The summed E-state index contributed by atoms with van der Waals surface area (Å²) in [5, 5.41) is 0.419. The molecule has 5 nitrogen and oxygen atoms in total. The van der Waals surface area contributed by atoms with Gasteiger partial charge in [-0.25, -0.2) is 0 Å². The number of hydrogen-bond donors (Lipinski definition) is 0. The van der Waals surface area contributed by atoms with Crippen LogP contribution in [0.15, 0.2) is 33.7 Å². The van der Waals surface area contributed by atoms with Gasteiger partial charge in [0.25, 0.3) is 0 Å². The molecule has 2 aromatic rings. The highest BCUT2D eigenvalue weighted by Gasteiger charge is 2.11. The molecule has 0 N–H and O–H groups in total. The molecular formula is C14H14O5. The zero-order valence-corrected chi connectivity index (χ0v) is 10.8. The molecule has 0 spiro atoms. The molecule has 1 aromatic heterocycles. The highest BCUT2D eigenvalue weighted by molar-refractivity contribution is 5.88. The Balaban J connectivity index is 2.58. The number of fused-ring (bicyclic) bond motifs is 1. The lowest BCUT2D eigenvalue weighted by Crippen LogP contribution is -2.07. The first-order valence-corrected chi connectivity index (χ1v) is 5.77. The van der Waals surface area contributed by atoms with Crippen LogP contribution in [-0.2, 0) is 16.0 Å². The number of benzene rings is 1. The number of methoxy groups -OCH3 is 1. The third-order valence-corrected chi connectivity index (χ3v) is 2.60. The molecule has 1 heterocycles. The Labute approximate surface area is 109 Å². The summed E-state index contributed by atoms with van der Waals surface area (Å²) in [4.78, 5) is 23.2. The number of Topliss-reactive ketones (excluding diaryl/α,β-unsaturated/α-hetero) is 1. The van der Waals surface area contributed by atoms with Gasteiger partial charge in [0, 0.05) is 25.7 Å². The minimum absolute atomic E-state index is 0.0338. The zero-order chi connectivity index (χ0) is 13.8. The van der Waals surface area contributed by atoms with Crippen molar-refractivity contribution in [3.8, 4) is 5.75 Å². The van der Waals surface area contributed by atoms with Crippen LogP contribution in [0.25, 0.3) is 11.0 Å². The third-order valence-electron chi connectivity index (χ3n) is 2.60. The highest BCUT2D eigenvalue weighted by atomic mass is 16.7. The first-order valence-electron chi connectivity index (χ1n) is 5.77. The van der Waals surface area contributed by atoms with E-state index in [0.29, 0.717) is 22.3 Å². The van der Waals surface area contributed by atoms with Crippen molar-refractivity contribution in [2.75, 3.05) is 13.9 Å². The maximum Gasteiger partial charge on any atom is 0.192 e. The Morgan fingerprint density at radius 2 is 2.16 bits per heavy atom. The van der Waals surface area contributed by atoms with Crippen LogP contribution in [-0.4, -0.2) is 19.7 Å². The summed E-state index contributed by atoms with van der Waals surface area (Å²) in [5.74, 6) is 0.466. The molecule has 19 heavy (non-hydrogen) atoms. The van der Waals surface area contributed by atoms with Crippen LogP contribution in [0.5, 0.6) is 5.75 Å². The van der Waals surface area contributed by atoms with E-state index in [0.717, 1.165) is 0 Å². The van der Waals surface area contributed by atoms with E-state index in [2.05, 4.69) is 0 Å². The Hall–Kier alpha value is -2.14. The van der Waals surface area contributed by atoms with E-state index in [1.54, 1.807) is 12.1 Å². The SMILES string of the molecule is COCOc1cc(CC(C)=O)c2c(=O)ccoc2c1. The standard InChI is InChI=1S/C14H14O5/c1-9(15)5-10-6-11(19-8-17-2)7-13-14(10)12(16)3-4-18-13/h3-4,6-7H,5,8H2,1-2H3. The fourth-order valence-corrected chi connectivity index (χ4v) is 1.89. The Kier molecular flexibility index (Phi) is 3.97. The van der Waals surface area contributed by atoms with Crippen molar-refractivity contribution >= 4 is 16.8 Å². The fourth-order valence-electron chi connectivity index (χ4n) is 1.89. The van der Waals surface area contributed by atoms with Gasteiger partial charge < -0.3 is 13.9 Å². The summed E-state index contributed by atoms with van der Waals surface area (Å²) in [5.41, 5.74) is 0.832. The first-order chi connectivity index (χ1) is 9.11. The molecule has 0 amide bonds. The van der Waals surface area contributed by atoms with Gasteiger partial charge in [-0.3, -0.25) is 9.59 Å². The number of rotatable bonds is 5. The van der Waals surface area contributed by atoms with Crippen molar-refractivity contribution in [3.63, 3.8) is 0 Å². The molecule has 0 bridgehead atoms. The molecule has 5 heteroatoms. The smallest absolute Gasteiger partial charge is 0.192 e. The Morgan fingerprint density at radius 3 is 2.84 bits per heavy atom. The lowest BCUT2D eigenvalue weighted by molar-refractivity contribution is -0.116. The van der Waals surface area contributed by atoms with Gasteiger partial charge in [0.15, 0.2) is 12.2 Å². The average molecular weight is 262 g/mol. The Morgan fingerprint density at radius 1 is 1.37 bits per heavy atom. The van der Waals surface area contributed by atoms with Crippen LogP contribution < -0.4 is 10.2 Å². The van der Waals surface area contributed by atoms with E-state index in [-0.39, 0.29) is 24.4 Å². The van der Waals surface area contributed by atoms with Crippen molar-refractivity contribution < 1.29 is 18.7 Å². The van der Waals surface area contributed by atoms with E-state index >= 15 is 0 Å². The minimum Gasteiger partial charge on any atom is -0.467 e. The summed E-state index contributed by atoms with van der Waals surface area (Å²) in [6, 6.07) is 4.61. The van der Waals surface area contributed by atoms with Crippen LogP contribution in [0, 0.1) is 0 Å². The monoisotopic (exact) mass is 262 g/mol. The topological polar surface area (TPSA) is 65.7 Å². The number of carbonyl (C=O) groups is 1. The van der Waals surface area contributed by atoms with Crippen molar-refractivity contribution in [1.29, 1.82) is 0 Å². The van der Waals surface area contributed by atoms with Gasteiger partial charge in [-0.05, 0) is 18.6 Å². The third kappa shape index (κ3) is 3.00. The summed E-state index contributed by atoms with van der Waals surface area (Å²) in [6.07, 6.45) is 1.48. The normalized spacial score (nSPS) is 10.6. The molecule has 2 rings (SSSR count). The van der Waals surface area contributed by atoms with Gasteiger partial charge >= 0.3 is 0 Å². The van der Waals surface area contributed by atoms with Gasteiger partial charge in [0.05, 0.1) is 11.6 Å². The summed E-state index contributed by atoms with van der Waals surface area (Å²) < 4.78 is 15.5. The number of carbonyl (C=O) groups excluding carboxylic acids is 1. The maximum absolute atomic E-state index is 11.9. The zero-order valence-electron chi connectivity index (χ0n) is 10.8. The second-order valence-corrected chi connectivity index (χ2v) is 4.17. The minimum atomic E-state index is -0.171. The molecule has 0 saturated heterocycles. The van der Waals surface area contributed by atoms with Crippen molar-refractivity contribution in [2.45, 2.75) is 13.3 Å². The molecule has 0 aliphatic heterocycles. The quantitative estimate of drug-likeness (QED) is 0.770. The highest BCUT2D eigenvalue weighted by Crippen LogP contribution is 2.24. The van der Waals surface area contributed by atoms with Crippen LogP contribution >= 0.6 is 0 Å².